The van der Waals surface area contributed by atoms with Crippen LogP contribution in [-0.4, -0.2) is 11.6 Å². The third-order valence-electron chi connectivity index (χ3n) is 3.55. The van der Waals surface area contributed by atoms with Crippen LogP contribution in [-0.2, 0) is 0 Å². The maximum atomic E-state index is 12.6. The van der Waals surface area contributed by atoms with Gasteiger partial charge in [0.05, 0.1) is 0 Å². The van der Waals surface area contributed by atoms with Gasteiger partial charge in [0.25, 0.3) is 0 Å². The third-order valence-corrected chi connectivity index (χ3v) is 3.55. The lowest BCUT2D eigenvalue weighted by Gasteiger charge is -2.07. The number of ketones is 2. The highest BCUT2D eigenvalue weighted by Gasteiger charge is 2.15. The SMILES string of the molecule is C=C/C=C(\C=C)c1ccc(C(=O)c2ccccc2C(C)=O)cc1. The Kier molecular flexibility index (Phi) is 5.21. The van der Waals surface area contributed by atoms with E-state index in [1.807, 2.05) is 18.2 Å². The summed E-state index contributed by atoms with van der Waals surface area (Å²) in [6.07, 6.45) is 5.29. The molecule has 0 saturated heterocycles. The number of Topliss-reactive ketones (excluding diaryl/α,β-unsaturated/α-hetero) is 1. The standard InChI is InChI=1S/C21H18O2/c1-4-8-16(5-2)17-11-13-18(14-12-17)21(23)20-10-7-6-9-19(20)15(3)22/h4-14H,1-2H2,3H3/b16-8+. The molecule has 2 nitrogen and oxygen atoms in total. The van der Waals surface area contributed by atoms with Crippen LogP contribution in [0.4, 0.5) is 0 Å². The van der Waals surface area contributed by atoms with Crippen molar-refractivity contribution in [3.63, 3.8) is 0 Å². The Morgan fingerprint density at radius 2 is 1.43 bits per heavy atom. The minimum Gasteiger partial charge on any atom is -0.294 e. The highest BCUT2D eigenvalue weighted by Crippen LogP contribution is 2.19. The molecule has 0 aromatic heterocycles. The summed E-state index contributed by atoms with van der Waals surface area (Å²) in [5.41, 5.74) is 3.31. The van der Waals surface area contributed by atoms with Gasteiger partial charge in [0.15, 0.2) is 11.6 Å². The van der Waals surface area contributed by atoms with Crippen molar-refractivity contribution in [2.75, 3.05) is 0 Å². The number of allylic oxidation sites excluding steroid dienone is 4. The Bertz CT molecular complexity index is 793. The van der Waals surface area contributed by atoms with E-state index >= 15 is 0 Å². The van der Waals surface area contributed by atoms with Gasteiger partial charge >= 0.3 is 0 Å². The van der Waals surface area contributed by atoms with Gasteiger partial charge < -0.3 is 0 Å². The maximum absolute atomic E-state index is 12.6. The predicted molar refractivity (Wildman–Crippen MR) is 94.7 cm³/mol. The Morgan fingerprint density at radius 3 is 1.96 bits per heavy atom. The zero-order valence-corrected chi connectivity index (χ0v) is 13.1. The van der Waals surface area contributed by atoms with E-state index < -0.39 is 0 Å². The van der Waals surface area contributed by atoms with E-state index in [0.29, 0.717) is 16.7 Å². The first-order chi connectivity index (χ1) is 11.1. The van der Waals surface area contributed by atoms with Gasteiger partial charge in [-0.25, -0.2) is 0 Å². The van der Waals surface area contributed by atoms with Crippen molar-refractivity contribution in [1.82, 2.24) is 0 Å². The maximum Gasteiger partial charge on any atom is 0.193 e. The lowest BCUT2D eigenvalue weighted by atomic mass is 9.95. The Morgan fingerprint density at radius 1 is 0.870 bits per heavy atom. The number of hydrogen-bond donors (Lipinski definition) is 0. The molecule has 0 atom stereocenters. The fourth-order valence-electron chi connectivity index (χ4n) is 2.37. The normalized spacial score (nSPS) is 10.9. The summed E-state index contributed by atoms with van der Waals surface area (Å²) >= 11 is 0. The van der Waals surface area contributed by atoms with Crippen LogP contribution in [0.3, 0.4) is 0 Å². The highest BCUT2D eigenvalue weighted by atomic mass is 16.1. The second-order valence-corrected chi connectivity index (χ2v) is 5.07. The van der Waals surface area contributed by atoms with Gasteiger partial charge in [-0.3, -0.25) is 9.59 Å². The zero-order valence-electron chi connectivity index (χ0n) is 13.1. The summed E-state index contributed by atoms with van der Waals surface area (Å²) in [6.45, 7) is 8.91. The predicted octanol–water partition coefficient (Wildman–Crippen LogP) is 4.88. The van der Waals surface area contributed by atoms with Gasteiger partial charge in [0.1, 0.15) is 0 Å². The molecule has 0 spiro atoms. The minimum atomic E-state index is -0.157. The molecule has 0 amide bonds. The molecule has 0 bridgehead atoms. The fraction of sp³-hybridized carbons (Fsp3) is 0.0476. The van der Waals surface area contributed by atoms with Gasteiger partial charge in [-0.05, 0) is 18.1 Å². The number of carbonyl (C=O) groups is 2. The molecule has 23 heavy (non-hydrogen) atoms. The van der Waals surface area contributed by atoms with E-state index in [9.17, 15) is 9.59 Å². The van der Waals surface area contributed by atoms with Crippen LogP contribution in [0.15, 0.2) is 79.9 Å². The summed E-state index contributed by atoms with van der Waals surface area (Å²) in [5.74, 6) is -0.274. The van der Waals surface area contributed by atoms with Gasteiger partial charge in [-0.15, -0.1) is 0 Å². The van der Waals surface area contributed by atoms with Gasteiger partial charge in [0.2, 0.25) is 0 Å². The minimum absolute atomic E-state index is 0.117. The molecule has 2 aromatic carbocycles. The van der Waals surface area contributed by atoms with Crippen LogP contribution in [0.5, 0.6) is 0 Å². The van der Waals surface area contributed by atoms with Gasteiger partial charge in [-0.2, -0.15) is 0 Å². The number of benzene rings is 2. The van der Waals surface area contributed by atoms with E-state index in [4.69, 9.17) is 0 Å². The molecule has 2 rings (SSSR count). The molecule has 114 valence electrons. The molecule has 0 unspecified atom stereocenters. The van der Waals surface area contributed by atoms with E-state index in [1.165, 1.54) is 6.92 Å². The van der Waals surface area contributed by atoms with Gasteiger partial charge in [-0.1, -0.05) is 79.9 Å². The quantitative estimate of drug-likeness (QED) is 0.563. The molecule has 0 aliphatic heterocycles. The first-order valence-corrected chi connectivity index (χ1v) is 7.28. The third kappa shape index (κ3) is 3.61. The Labute approximate surface area is 136 Å². The topological polar surface area (TPSA) is 34.1 Å². The van der Waals surface area contributed by atoms with Crippen LogP contribution < -0.4 is 0 Å². The smallest absolute Gasteiger partial charge is 0.193 e. The van der Waals surface area contributed by atoms with Gasteiger partial charge in [0, 0.05) is 16.7 Å². The van der Waals surface area contributed by atoms with Crippen molar-refractivity contribution in [1.29, 1.82) is 0 Å². The van der Waals surface area contributed by atoms with E-state index in [1.54, 1.807) is 48.6 Å². The first-order valence-electron chi connectivity index (χ1n) is 7.28. The van der Waals surface area contributed by atoms with Crippen molar-refractivity contribution in [3.8, 4) is 0 Å². The molecule has 0 heterocycles. The fourth-order valence-corrected chi connectivity index (χ4v) is 2.37. The monoisotopic (exact) mass is 302 g/mol. The molecular weight excluding hydrogens is 284 g/mol. The van der Waals surface area contributed by atoms with Crippen LogP contribution >= 0.6 is 0 Å². The number of carbonyl (C=O) groups excluding carboxylic acids is 2. The van der Waals surface area contributed by atoms with E-state index in [0.717, 1.165) is 11.1 Å². The average Bonchev–Trinajstić information content (AvgIpc) is 2.59. The molecule has 2 aromatic rings. The summed E-state index contributed by atoms with van der Waals surface area (Å²) in [7, 11) is 0. The van der Waals surface area contributed by atoms with Crippen molar-refractivity contribution in [3.05, 3.63) is 102 Å². The van der Waals surface area contributed by atoms with Crippen molar-refractivity contribution in [2.45, 2.75) is 6.92 Å². The molecule has 0 aliphatic carbocycles. The van der Waals surface area contributed by atoms with Crippen LogP contribution in [0.1, 0.15) is 38.8 Å². The second-order valence-electron chi connectivity index (χ2n) is 5.07. The van der Waals surface area contributed by atoms with E-state index in [2.05, 4.69) is 13.2 Å². The van der Waals surface area contributed by atoms with Crippen LogP contribution in [0.25, 0.3) is 5.57 Å². The molecular formula is C21H18O2. The van der Waals surface area contributed by atoms with Crippen molar-refractivity contribution < 1.29 is 9.59 Å². The molecule has 0 N–H and O–H groups in total. The van der Waals surface area contributed by atoms with Crippen LogP contribution in [0.2, 0.25) is 0 Å². The zero-order chi connectivity index (χ0) is 16.8. The lowest BCUT2D eigenvalue weighted by molar-refractivity contribution is 0.0990. The largest absolute Gasteiger partial charge is 0.294 e. The highest BCUT2D eigenvalue weighted by molar-refractivity contribution is 6.15. The molecule has 0 aliphatic rings. The number of hydrogen-bond acceptors (Lipinski definition) is 2. The molecule has 0 fully saturated rings. The average molecular weight is 302 g/mol. The second kappa shape index (κ2) is 7.32. The van der Waals surface area contributed by atoms with E-state index in [-0.39, 0.29) is 11.6 Å². The molecule has 0 radical (unpaired) electrons. The summed E-state index contributed by atoms with van der Waals surface area (Å²) in [5, 5.41) is 0. The number of rotatable bonds is 6. The lowest BCUT2D eigenvalue weighted by Crippen LogP contribution is -2.08. The molecule has 2 heteroatoms. The molecule has 0 saturated carbocycles. The summed E-state index contributed by atoms with van der Waals surface area (Å²) in [6, 6.07) is 14.1. The Hall–Kier alpha value is -3.00. The Balaban J connectivity index is 2.39. The van der Waals surface area contributed by atoms with Crippen LogP contribution in [0, 0.1) is 0 Å². The van der Waals surface area contributed by atoms with Crippen molar-refractivity contribution in [2.24, 2.45) is 0 Å². The first kappa shape index (κ1) is 16.4. The summed E-state index contributed by atoms with van der Waals surface area (Å²) < 4.78 is 0. The van der Waals surface area contributed by atoms with Crippen molar-refractivity contribution >= 4 is 17.1 Å². The summed E-state index contributed by atoms with van der Waals surface area (Å²) in [4.78, 5) is 24.3.